The zero-order valence-electron chi connectivity index (χ0n) is 11.1. The van der Waals surface area contributed by atoms with Crippen LogP contribution in [-0.2, 0) is 6.42 Å². The Hall–Kier alpha value is -0.860. The van der Waals surface area contributed by atoms with Gasteiger partial charge in [-0.3, -0.25) is 0 Å². The van der Waals surface area contributed by atoms with Crippen LogP contribution < -0.4 is 5.32 Å². The number of hydrogen-bond donors (Lipinski definition) is 2. The maximum atomic E-state index is 9.28. The molecule has 1 unspecified atom stereocenters. The lowest BCUT2D eigenvalue weighted by Gasteiger charge is -2.25. The summed E-state index contributed by atoms with van der Waals surface area (Å²) in [6, 6.07) is 10.6. The lowest BCUT2D eigenvalue weighted by molar-refractivity contribution is 0.135. The molecule has 1 aromatic rings. The zero-order valence-corrected chi connectivity index (χ0v) is 11.1. The van der Waals surface area contributed by atoms with Crippen molar-refractivity contribution >= 4 is 0 Å². The predicted molar refractivity (Wildman–Crippen MR) is 73.1 cm³/mol. The van der Waals surface area contributed by atoms with Crippen LogP contribution in [0, 0.1) is 5.41 Å². The second-order valence-corrected chi connectivity index (χ2v) is 5.09. The number of hydrogen-bond acceptors (Lipinski definition) is 2. The first kappa shape index (κ1) is 14.2. The van der Waals surface area contributed by atoms with Crippen LogP contribution in [0.4, 0.5) is 0 Å². The molecule has 0 spiro atoms. The van der Waals surface area contributed by atoms with Crippen molar-refractivity contribution in [2.45, 2.75) is 33.1 Å². The van der Waals surface area contributed by atoms with Crippen LogP contribution in [0.5, 0.6) is 0 Å². The summed E-state index contributed by atoms with van der Waals surface area (Å²) in [6.45, 7) is 6.42. The molecule has 0 aromatic heterocycles. The fourth-order valence-electron chi connectivity index (χ4n) is 1.75. The van der Waals surface area contributed by atoms with Crippen molar-refractivity contribution in [1.29, 1.82) is 0 Å². The summed E-state index contributed by atoms with van der Waals surface area (Å²) in [5.41, 5.74) is 1.43. The summed E-state index contributed by atoms with van der Waals surface area (Å²) in [6.07, 6.45) is 3.28. The second kappa shape index (κ2) is 7.46. The van der Waals surface area contributed by atoms with E-state index in [-0.39, 0.29) is 12.0 Å². The molecular weight excluding hydrogens is 210 g/mol. The minimum absolute atomic E-state index is 0.0345. The van der Waals surface area contributed by atoms with Crippen molar-refractivity contribution in [1.82, 2.24) is 5.32 Å². The van der Waals surface area contributed by atoms with Gasteiger partial charge in [0.05, 0.1) is 0 Å². The number of aliphatic hydroxyl groups excluding tert-OH is 1. The van der Waals surface area contributed by atoms with Gasteiger partial charge in [0.25, 0.3) is 0 Å². The van der Waals surface area contributed by atoms with E-state index in [1.165, 1.54) is 5.56 Å². The maximum Gasteiger partial charge on any atom is 0.0496 e. The summed E-state index contributed by atoms with van der Waals surface area (Å²) in [7, 11) is 0. The van der Waals surface area contributed by atoms with Crippen molar-refractivity contribution in [2.24, 2.45) is 5.41 Å². The maximum absolute atomic E-state index is 9.28. The van der Waals surface area contributed by atoms with Gasteiger partial charge in [-0.15, -0.1) is 0 Å². The van der Waals surface area contributed by atoms with Crippen LogP contribution in [0.25, 0.3) is 0 Å². The van der Waals surface area contributed by atoms with Crippen LogP contribution in [0.3, 0.4) is 0 Å². The van der Waals surface area contributed by atoms with Crippen LogP contribution in [0.15, 0.2) is 30.3 Å². The minimum Gasteiger partial charge on any atom is -0.396 e. The molecule has 0 aliphatic heterocycles. The van der Waals surface area contributed by atoms with E-state index in [0.29, 0.717) is 0 Å². The third-order valence-corrected chi connectivity index (χ3v) is 3.45. The first-order chi connectivity index (χ1) is 8.20. The molecule has 1 atom stereocenters. The highest BCUT2D eigenvalue weighted by Gasteiger charge is 2.19. The molecule has 2 nitrogen and oxygen atoms in total. The Balaban J connectivity index is 2.13. The van der Waals surface area contributed by atoms with Crippen LogP contribution in [0.2, 0.25) is 0 Å². The normalized spacial score (nSPS) is 14.5. The number of aliphatic hydroxyl groups is 1. The molecule has 0 amide bonds. The fourth-order valence-corrected chi connectivity index (χ4v) is 1.75. The van der Waals surface area contributed by atoms with Gasteiger partial charge in [-0.1, -0.05) is 44.2 Å². The quantitative estimate of drug-likeness (QED) is 0.679. The topological polar surface area (TPSA) is 32.3 Å². The van der Waals surface area contributed by atoms with E-state index < -0.39 is 0 Å². The van der Waals surface area contributed by atoms with Gasteiger partial charge in [0.1, 0.15) is 0 Å². The summed E-state index contributed by atoms with van der Waals surface area (Å²) >= 11 is 0. The fraction of sp³-hybridized carbons (Fsp3) is 0.600. The highest BCUT2D eigenvalue weighted by Crippen LogP contribution is 2.18. The molecule has 0 saturated heterocycles. The second-order valence-electron chi connectivity index (χ2n) is 5.09. The standard InChI is InChI=1S/C15H25NO/c1-3-15(2,13-17)12-16-11-7-10-14-8-5-4-6-9-14/h4-6,8-9,16-17H,3,7,10-13H2,1-2H3. The average molecular weight is 235 g/mol. The molecule has 17 heavy (non-hydrogen) atoms. The highest BCUT2D eigenvalue weighted by atomic mass is 16.3. The van der Waals surface area contributed by atoms with E-state index in [9.17, 15) is 5.11 Å². The Morgan fingerprint density at radius 3 is 2.53 bits per heavy atom. The molecule has 0 bridgehead atoms. The van der Waals surface area contributed by atoms with Crippen molar-refractivity contribution < 1.29 is 5.11 Å². The van der Waals surface area contributed by atoms with Crippen LogP contribution in [0.1, 0.15) is 32.3 Å². The van der Waals surface area contributed by atoms with Crippen molar-refractivity contribution in [3.63, 3.8) is 0 Å². The Morgan fingerprint density at radius 1 is 1.24 bits per heavy atom. The van der Waals surface area contributed by atoms with Crippen LogP contribution >= 0.6 is 0 Å². The number of rotatable bonds is 8. The lowest BCUT2D eigenvalue weighted by Crippen LogP contribution is -2.34. The molecule has 0 aliphatic rings. The molecule has 2 N–H and O–H groups in total. The highest BCUT2D eigenvalue weighted by molar-refractivity contribution is 5.14. The number of nitrogens with one attached hydrogen (secondary N) is 1. The van der Waals surface area contributed by atoms with Gasteiger partial charge < -0.3 is 10.4 Å². The molecule has 1 aromatic carbocycles. The Kier molecular flexibility index (Phi) is 6.23. The first-order valence-corrected chi connectivity index (χ1v) is 6.56. The van der Waals surface area contributed by atoms with E-state index in [0.717, 1.165) is 32.4 Å². The molecule has 1 rings (SSSR count). The van der Waals surface area contributed by atoms with Gasteiger partial charge >= 0.3 is 0 Å². The van der Waals surface area contributed by atoms with Crippen LogP contribution in [-0.4, -0.2) is 24.8 Å². The van der Waals surface area contributed by atoms with E-state index >= 15 is 0 Å². The number of benzene rings is 1. The molecule has 2 heteroatoms. The lowest BCUT2D eigenvalue weighted by atomic mass is 9.88. The van der Waals surface area contributed by atoms with Crippen molar-refractivity contribution in [3.8, 4) is 0 Å². The molecule has 0 saturated carbocycles. The van der Waals surface area contributed by atoms with Crippen molar-refractivity contribution in [3.05, 3.63) is 35.9 Å². The summed E-state index contributed by atoms with van der Waals surface area (Å²) in [4.78, 5) is 0. The van der Waals surface area contributed by atoms with E-state index in [4.69, 9.17) is 0 Å². The van der Waals surface area contributed by atoms with E-state index in [2.05, 4.69) is 49.5 Å². The van der Waals surface area contributed by atoms with Gasteiger partial charge in [-0.05, 0) is 31.4 Å². The summed E-state index contributed by atoms with van der Waals surface area (Å²) < 4.78 is 0. The SMILES string of the molecule is CCC(C)(CO)CNCCCc1ccccc1. The monoisotopic (exact) mass is 235 g/mol. The average Bonchev–Trinajstić information content (AvgIpc) is 2.39. The molecule has 0 fully saturated rings. The third-order valence-electron chi connectivity index (χ3n) is 3.45. The van der Waals surface area contributed by atoms with Gasteiger partial charge in [0.15, 0.2) is 0 Å². The van der Waals surface area contributed by atoms with Gasteiger partial charge in [-0.2, -0.15) is 0 Å². The summed E-state index contributed by atoms with van der Waals surface area (Å²) in [5.74, 6) is 0. The molecule has 0 heterocycles. The predicted octanol–water partition coefficient (Wildman–Crippen LogP) is 2.62. The zero-order chi connectivity index (χ0) is 12.6. The molecular formula is C15H25NO. The Labute approximate surface area is 105 Å². The number of aryl methyl sites for hydroxylation is 1. The molecule has 96 valence electrons. The van der Waals surface area contributed by atoms with Gasteiger partial charge in [0.2, 0.25) is 0 Å². The van der Waals surface area contributed by atoms with Gasteiger partial charge in [-0.25, -0.2) is 0 Å². The summed E-state index contributed by atoms with van der Waals surface area (Å²) in [5, 5.41) is 12.7. The smallest absolute Gasteiger partial charge is 0.0496 e. The van der Waals surface area contributed by atoms with E-state index in [1.807, 2.05) is 0 Å². The Bertz CT molecular complexity index is 293. The third kappa shape index (κ3) is 5.33. The van der Waals surface area contributed by atoms with Gasteiger partial charge in [0, 0.05) is 18.6 Å². The van der Waals surface area contributed by atoms with Crippen molar-refractivity contribution in [2.75, 3.05) is 19.7 Å². The molecule has 0 radical (unpaired) electrons. The Morgan fingerprint density at radius 2 is 1.94 bits per heavy atom. The minimum atomic E-state index is 0.0345. The largest absolute Gasteiger partial charge is 0.396 e. The van der Waals surface area contributed by atoms with E-state index in [1.54, 1.807) is 0 Å². The first-order valence-electron chi connectivity index (χ1n) is 6.56. The molecule has 0 aliphatic carbocycles.